The van der Waals surface area contributed by atoms with Crippen LogP contribution < -0.4 is 10.2 Å². The molecule has 0 saturated carbocycles. The predicted octanol–water partition coefficient (Wildman–Crippen LogP) is 0.773. The van der Waals surface area contributed by atoms with Gasteiger partial charge in [0.25, 0.3) is 11.6 Å². The lowest BCUT2D eigenvalue weighted by Crippen LogP contribution is -2.25. The van der Waals surface area contributed by atoms with Crippen molar-refractivity contribution < 1.29 is 14.8 Å². The zero-order valence-corrected chi connectivity index (χ0v) is 10.9. The first kappa shape index (κ1) is 14.9. The number of nitrogens with one attached hydrogen (secondary N) is 1. The normalized spacial score (nSPS) is 10.1. The van der Waals surface area contributed by atoms with Crippen molar-refractivity contribution in [3.63, 3.8) is 0 Å². The summed E-state index contributed by atoms with van der Waals surface area (Å²) in [5, 5.41) is 22.5. The van der Waals surface area contributed by atoms with E-state index in [2.05, 4.69) is 5.32 Å². The molecule has 0 atom stereocenters. The van der Waals surface area contributed by atoms with Gasteiger partial charge in [-0.1, -0.05) is 0 Å². The van der Waals surface area contributed by atoms with E-state index in [4.69, 9.17) is 5.11 Å². The Morgan fingerprint density at radius 1 is 1.53 bits per heavy atom. The fraction of sp³-hybridized carbons (Fsp3) is 0.417. The van der Waals surface area contributed by atoms with Crippen molar-refractivity contribution in [3.8, 4) is 0 Å². The van der Waals surface area contributed by atoms with Gasteiger partial charge in [-0.05, 0) is 19.1 Å². The molecule has 1 rings (SSSR count). The molecule has 19 heavy (non-hydrogen) atoms. The molecule has 0 saturated heterocycles. The Bertz CT molecular complexity index is 476. The van der Waals surface area contributed by atoms with Crippen LogP contribution in [0.3, 0.4) is 0 Å². The quantitative estimate of drug-likeness (QED) is 0.586. The van der Waals surface area contributed by atoms with Gasteiger partial charge in [-0.3, -0.25) is 14.9 Å². The number of nitro benzene ring substituents is 1. The maximum absolute atomic E-state index is 11.7. The van der Waals surface area contributed by atoms with Crippen LogP contribution in [0.25, 0.3) is 0 Å². The summed E-state index contributed by atoms with van der Waals surface area (Å²) in [5.41, 5.74) is 0.569. The summed E-state index contributed by atoms with van der Waals surface area (Å²) < 4.78 is 0. The molecular weight excluding hydrogens is 250 g/mol. The van der Waals surface area contributed by atoms with Crippen molar-refractivity contribution in [2.24, 2.45) is 0 Å². The molecule has 1 aromatic rings. The van der Waals surface area contributed by atoms with Crippen LogP contribution in [0.1, 0.15) is 17.3 Å². The zero-order chi connectivity index (χ0) is 14.4. The molecule has 7 heteroatoms. The molecule has 7 nitrogen and oxygen atoms in total. The van der Waals surface area contributed by atoms with Crippen LogP contribution in [0.4, 0.5) is 11.4 Å². The first-order valence-corrected chi connectivity index (χ1v) is 5.89. The van der Waals surface area contributed by atoms with Crippen LogP contribution in [-0.4, -0.2) is 42.7 Å². The lowest BCUT2D eigenvalue weighted by Gasteiger charge is -2.18. The van der Waals surface area contributed by atoms with Gasteiger partial charge >= 0.3 is 0 Å². The van der Waals surface area contributed by atoms with E-state index in [-0.39, 0.29) is 24.7 Å². The van der Waals surface area contributed by atoms with Gasteiger partial charge in [0, 0.05) is 31.8 Å². The average Bonchev–Trinajstić information content (AvgIpc) is 2.38. The summed E-state index contributed by atoms with van der Waals surface area (Å²) in [5.74, 6) is -0.281. The van der Waals surface area contributed by atoms with Gasteiger partial charge in [0.05, 0.1) is 11.5 Å². The van der Waals surface area contributed by atoms with Crippen LogP contribution in [-0.2, 0) is 0 Å². The van der Waals surface area contributed by atoms with Crippen LogP contribution >= 0.6 is 0 Å². The van der Waals surface area contributed by atoms with E-state index in [1.54, 1.807) is 18.9 Å². The lowest BCUT2D eigenvalue weighted by molar-refractivity contribution is -0.384. The largest absolute Gasteiger partial charge is 0.395 e. The fourth-order valence-electron chi connectivity index (χ4n) is 1.66. The number of aliphatic hydroxyl groups is 1. The molecule has 1 aromatic carbocycles. The maximum atomic E-state index is 11.7. The van der Waals surface area contributed by atoms with Gasteiger partial charge in [0.1, 0.15) is 5.69 Å². The Balaban J connectivity index is 3.18. The van der Waals surface area contributed by atoms with Gasteiger partial charge in [-0.2, -0.15) is 0 Å². The second-order valence-electron chi connectivity index (χ2n) is 3.97. The van der Waals surface area contributed by atoms with Crippen molar-refractivity contribution in [1.82, 2.24) is 5.32 Å². The van der Waals surface area contributed by atoms with E-state index in [9.17, 15) is 14.9 Å². The van der Waals surface area contributed by atoms with E-state index in [0.717, 1.165) is 0 Å². The second-order valence-corrected chi connectivity index (χ2v) is 3.97. The molecule has 0 heterocycles. The number of likely N-dealkylation sites (N-methyl/N-ethyl adjacent to an activating group) is 1. The molecule has 0 aliphatic heterocycles. The number of rotatable bonds is 6. The summed E-state index contributed by atoms with van der Waals surface area (Å²) in [4.78, 5) is 23.7. The first-order valence-electron chi connectivity index (χ1n) is 5.89. The van der Waals surface area contributed by atoms with Crippen LogP contribution in [0, 0.1) is 10.1 Å². The number of carbonyl (C=O) groups excluding carboxylic acids is 1. The molecule has 0 fully saturated rings. The standard InChI is InChI=1S/C12H17N3O4/c1-3-13-12(17)9-4-5-10(15(18)19)11(8-9)14(2)6-7-16/h4-5,8,16H,3,6-7H2,1-2H3,(H,13,17). The number of hydrogen-bond donors (Lipinski definition) is 2. The molecule has 1 amide bonds. The Morgan fingerprint density at radius 3 is 2.74 bits per heavy atom. The van der Waals surface area contributed by atoms with Crippen LogP contribution in [0.15, 0.2) is 18.2 Å². The number of carbonyl (C=O) groups is 1. The number of anilines is 1. The summed E-state index contributed by atoms with van der Waals surface area (Å²) >= 11 is 0. The monoisotopic (exact) mass is 267 g/mol. The summed E-state index contributed by atoms with van der Waals surface area (Å²) in [6.07, 6.45) is 0. The number of hydrogen-bond acceptors (Lipinski definition) is 5. The van der Waals surface area contributed by atoms with E-state index in [0.29, 0.717) is 17.8 Å². The van der Waals surface area contributed by atoms with Gasteiger partial charge in [-0.25, -0.2) is 0 Å². The Labute approximate surface area is 111 Å². The van der Waals surface area contributed by atoms with Crippen molar-refractivity contribution in [3.05, 3.63) is 33.9 Å². The molecule has 0 spiro atoms. The minimum atomic E-state index is -0.509. The van der Waals surface area contributed by atoms with Crippen molar-refractivity contribution in [2.45, 2.75) is 6.92 Å². The van der Waals surface area contributed by atoms with E-state index in [1.807, 2.05) is 0 Å². The molecule has 0 unspecified atom stereocenters. The third-order valence-corrected chi connectivity index (χ3v) is 2.62. The second kappa shape index (κ2) is 6.69. The lowest BCUT2D eigenvalue weighted by atomic mass is 10.1. The molecule has 0 aliphatic rings. The summed E-state index contributed by atoms with van der Waals surface area (Å²) in [6.45, 7) is 2.40. The molecule has 0 radical (unpaired) electrons. The third kappa shape index (κ3) is 3.65. The average molecular weight is 267 g/mol. The SMILES string of the molecule is CCNC(=O)c1ccc([N+](=O)[O-])c(N(C)CCO)c1. The van der Waals surface area contributed by atoms with Crippen molar-refractivity contribution in [1.29, 1.82) is 0 Å². The topological polar surface area (TPSA) is 95.7 Å². The van der Waals surface area contributed by atoms with E-state index < -0.39 is 4.92 Å². The maximum Gasteiger partial charge on any atom is 0.292 e. The Morgan fingerprint density at radius 2 is 2.21 bits per heavy atom. The number of aliphatic hydroxyl groups excluding tert-OH is 1. The zero-order valence-electron chi connectivity index (χ0n) is 10.9. The molecule has 104 valence electrons. The third-order valence-electron chi connectivity index (χ3n) is 2.62. The molecule has 0 aliphatic carbocycles. The van der Waals surface area contributed by atoms with Crippen LogP contribution in [0.2, 0.25) is 0 Å². The number of benzene rings is 1. The predicted molar refractivity (Wildman–Crippen MR) is 71.5 cm³/mol. The van der Waals surface area contributed by atoms with E-state index in [1.165, 1.54) is 18.2 Å². The van der Waals surface area contributed by atoms with E-state index >= 15 is 0 Å². The molecule has 0 bridgehead atoms. The van der Waals surface area contributed by atoms with Gasteiger partial charge in [-0.15, -0.1) is 0 Å². The minimum Gasteiger partial charge on any atom is -0.395 e. The highest BCUT2D eigenvalue weighted by atomic mass is 16.6. The highest BCUT2D eigenvalue weighted by Gasteiger charge is 2.19. The van der Waals surface area contributed by atoms with Gasteiger partial charge < -0.3 is 15.3 Å². The molecule has 2 N–H and O–H groups in total. The first-order chi connectivity index (χ1) is 9.01. The van der Waals surface area contributed by atoms with Crippen LogP contribution in [0.5, 0.6) is 0 Å². The molecular formula is C12H17N3O4. The number of amides is 1. The number of nitrogens with zero attached hydrogens (tertiary/aromatic N) is 2. The van der Waals surface area contributed by atoms with Gasteiger partial charge in [0.2, 0.25) is 0 Å². The van der Waals surface area contributed by atoms with Gasteiger partial charge in [0.15, 0.2) is 0 Å². The Kier molecular flexibility index (Phi) is 5.25. The van der Waals surface area contributed by atoms with Crippen molar-refractivity contribution >= 4 is 17.3 Å². The minimum absolute atomic E-state index is 0.0935. The highest BCUT2D eigenvalue weighted by molar-refractivity contribution is 5.95. The highest BCUT2D eigenvalue weighted by Crippen LogP contribution is 2.28. The van der Waals surface area contributed by atoms with Crippen molar-refractivity contribution in [2.75, 3.05) is 31.6 Å². The summed E-state index contributed by atoms with van der Waals surface area (Å²) in [7, 11) is 1.63. The molecule has 0 aromatic heterocycles. The summed E-state index contributed by atoms with van der Waals surface area (Å²) in [6, 6.07) is 4.17. The Hall–Kier alpha value is -2.15. The smallest absolute Gasteiger partial charge is 0.292 e. The number of nitro groups is 1. The fourth-order valence-corrected chi connectivity index (χ4v) is 1.66.